The van der Waals surface area contributed by atoms with Gasteiger partial charge in [-0.1, -0.05) is 0 Å². The second-order valence-corrected chi connectivity index (χ2v) is 4.41. The monoisotopic (exact) mass is 271 g/mol. The number of aryl methyl sites for hydroxylation is 1. The van der Waals surface area contributed by atoms with E-state index in [-0.39, 0.29) is 5.63 Å². The van der Waals surface area contributed by atoms with E-state index in [1.54, 1.807) is 17.1 Å². The first-order valence-corrected chi connectivity index (χ1v) is 6.22. The largest absolute Gasteiger partial charge is 0.492 e. The van der Waals surface area contributed by atoms with Gasteiger partial charge in [0.05, 0.1) is 6.54 Å². The molecule has 0 fully saturated rings. The highest BCUT2D eigenvalue weighted by molar-refractivity contribution is 5.81. The molecule has 6 nitrogen and oxygen atoms in total. The lowest BCUT2D eigenvalue weighted by Crippen LogP contribution is -2.08. The Bertz CT molecular complexity index is 778. The molecule has 3 rings (SSSR count). The number of aromatic nitrogens is 3. The van der Waals surface area contributed by atoms with Crippen LogP contribution in [-0.2, 0) is 6.54 Å². The van der Waals surface area contributed by atoms with Gasteiger partial charge in [0.25, 0.3) is 0 Å². The van der Waals surface area contributed by atoms with Crippen LogP contribution in [0.1, 0.15) is 5.56 Å². The van der Waals surface area contributed by atoms with Crippen LogP contribution in [0.15, 0.2) is 46.1 Å². The van der Waals surface area contributed by atoms with Crippen LogP contribution in [0, 0.1) is 6.92 Å². The smallest absolute Gasteiger partial charge is 0.336 e. The fourth-order valence-corrected chi connectivity index (χ4v) is 2.00. The predicted molar refractivity (Wildman–Crippen MR) is 72.7 cm³/mol. The van der Waals surface area contributed by atoms with E-state index in [1.165, 1.54) is 12.4 Å². The molecule has 3 aromatic rings. The minimum absolute atomic E-state index is 0.352. The lowest BCUT2D eigenvalue weighted by Gasteiger charge is -2.07. The molecule has 0 spiro atoms. The maximum Gasteiger partial charge on any atom is 0.336 e. The summed E-state index contributed by atoms with van der Waals surface area (Å²) in [4.78, 5) is 15.2. The number of hydrogen-bond donors (Lipinski definition) is 0. The third-order valence-electron chi connectivity index (χ3n) is 2.98. The summed E-state index contributed by atoms with van der Waals surface area (Å²) < 4.78 is 12.5. The van der Waals surface area contributed by atoms with Gasteiger partial charge in [0.2, 0.25) is 0 Å². The molecule has 102 valence electrons. The second-order valence-electron chi connectivity index (χ2n) is 4.41. The molecular formula is C14H13N3O3. The van der Waals surface area contributed by atoms with Crippen molar-refractivity contribution in [3.63, 3.8) is 0 Å². The van der Waals surface area contributed by atoms with E-state index in [2.05, 4.69) is 10.1 Å². The molecule has 0 amide bonds. The fourth-order valence-electron chi connectivity index (χ4n) is 2.00. The molecule has 2 aromatic heterocycles. The number of fused-ring (bicyclic) bond motifs is 1. The minimum atomic E-state index is -0.352. The van der Waals surface area contributed by atoms with Gasteiger partial charge < -0.3 is 9.15 Å². The van der Waals surface area contributed by atoms with Crippen LogP contribution in [-0.4, -0.2) is 21.4 Å². The first-order valence-electron chi connectivity index (χ1n) is 6.22. The van der Waals surface area contributed by atoms with E-state index in [0.717, 1.165) is 10.9 Å². The minimum Gasteiger partial charge on any atom is -0.492 e. The molecule has 0 unspecified atom stereocenters. The van der Waals surface area contributed by atoms with Gasteiger partial charge in [-0.15, -0.1) is 0 Å². The summed E-state index contributed by atoms with van der Waals surface area (Å²) in [5, 5.41) is 4.90. The highest BCUT2D eigenvalue weighted by Crippen LogP contribution is 2.22. The molecule has 0 aliphatic carbocycles. The Morgan fingerprint density at radius 2 is 2.25 bits per heavy atom. The molecule has 0 atom stereocenters. The van der Waals surface area contributed by atoms with Crippen LogP contribution in [0.4, 0.5) is 0 Å². The number of ether oxygens (including phenoxy) is 1. The lowest BCUT2D eigenvalue weighted by atomic mass is 10.1. The predicted octanol–water partition coefficient (Wildman–Crippen LogP) is 1.77. The van der Waals surface area contributed by atoms with Crippen molar-refractivity contribution in [3.8, 4) is 5.75 Å². The zero-order chi connectivity index (χ0) is 13.9. The summed E-state index contributed by atoms with van der Waals surface area (Å²) in [6, 6.07) is 6.95. The third kappa shape index (κ3) is 2.54. The van der Waals surface area contributed by atoms with Crippen molar-refractivity contribution < 1.29 is 9.15 Å². The van der Waals surface area contributed by atoms with Crippen LogP contribution >= 0.6 is 0 Å². The van der Waals surface area contributed by atoms with Crippen molar-refractivity contribution in [3.05, 3.63) is 52.9 Å². The van der Waals surface area contributed by atoms with E-state index in [0.29, 0.717) is 24.5 Å². The molecule has 0 N–H and O–H groups in total. The topological polar surface area (TPSA) is 70.2 Å². The van der Waals surface area contributed by atoms with Gasteiger partial charge in [-0.05, 0) is 24.6 Å². The number of hydrogen-bond acceptors (Lipinski definition) is 5. The summed E-state index contributed by atoms with van der Waals surface area (Å²) in [6.45, 7) is 2.95. The molecule has 0 aliphatic rings. The van der Waals surface area contributed by atoms with E-state index < -0.39 is 0 Å². The Balaban J connectivity index is 1.77. The van der Waals surface area contributed by atoms with Gasteiger partial charge in [0.15, 0.2) is 0 Å². The van der Waals surface area contributed by atoms with Gasteiger partial charge >= 0.3 is 5.63 Å². The number of rotatable bonds is 4. The molecule has 0 aliphatic heterocycles. The van der Waals surface area contributed by atoms with Gasteiger partial charge in [-0.25, -0.2) is 14.5 Å². The maximum absolute atomic E-state index is 11.4. The first kappa shape index (κ1) is 12.4. The van der Waals surface area contributed by atoms with E-state index in [4.69, 9.17) is 9.15 Å². The number of benzene rings is 1. The Labute approximate surface area is 114 Å². The maximum atomic E-state index is 11.4. The highest BCUT2D eigenvalue weighted by Gasteiger charge is 2.04. The van der Waals surface area contributed by atoms with Gasteiger partial charge in [0, 0.05) is 17.5 Å². The van der Waals surface area contributed by atoms with Crippen LogP contribution in [0.3, 0.4) is 0 Å². The summed E-state index contributed by atoms with van der Waals surface area (Å²) >= 11 is 0. The van der Waals surface area contributed by atoms with Crippen molar-refractivity contribution in [2.24, 2.45) is 0 Å². The average molecular weight is 271 g/mol. The molecule has 0 radical (unpaired) electrons. The lowest BCUT2D eigenvalue weighted by molar-refractivity contribution is 0.291. The van der Waals surface area contributed by atoms with E-state index >= 15 is 0 Å². The SMILES string of the molecule is Cc1cc(=O)oc2cc(OCCn3cncn3)ccc12. The van der Waals surface area contributed by atoms with Crippen molar-refractivity contribution in [1.29, 1.82) is 0 Å². The summed E-state index contributed by atoms with van der Waals surface area (Å²) in [6.07, 6.45) is 3.11. The Morgan fingerprint density at radius 1 is 1.35 bits per heavy atom. The van der Waals surface area contributed by atoms with Gasteiger partial charge in [0.1, 0.15) is 30.6 Å². The Hall–Kier alpha value is -2.63. The third-order valence-corrected chi connectivity index (χ3v) is 2.98. The summed E-state index contributed by atoms with van der Waals surface area (Å²) in [5.41, 5.74) is 1.08. The zero-order valence-corrected chi connectivity index (χ0v) is 10.9. The summed E-state index contributed by atoms with van der Waals surface area (Å²) in [7, 11) is 0. The standard InChI is InChI=1S/C14H13N3O3/c1-10-6-14(18)20-13-7-11(2-3-12(10)13)19-5-4-17-9-15-8-16-17/h2-3,6-9H,4-5H2,1H3. The van der Waals surface area contributed by atoms with Crippen molar-refractivity contribution >= 4 is 11.0 Å². The van der Waals surface area contributed by atoms with Crippen molar-refractivity contribution in [1.82, 2.24) is 14.8 Å². The Kier molecular flexibility index (Phi) is 3.20. The van der Waals surface area contributed by atoms with Gasteiger partial charge in [-0.3, -0.25) is 0 Å². The summed E-state index contributed by atoms with van der Waals surface area (Å²) in [5.74, 6) is 0.659. The van der Waals surface area contributed by atoms with Crippen molar-refractivity contribution in [2.75, 3.05) is 6.61 Å². The average Bonchev–Trinajstić information content (AvgIpc) is 2.91. The molecule has 0 saturated carbocycles. The van der Waals surface area contributed by atoms with Crippen LogP contribution < -0.4 is 10.4 Å². The van der Waals surface area contributed by atoms with Crippen LogP contribution in [0.2, 0.25) is 0 Å². The van der Waals surface area contributed by atoms with E-state index in [9.17, 15) is 4.79 Å². The van der Waals surface area contributed by atoms with E-state index in [1.807, 2.05) is 19.1 Å². The van der Waals surface area contributed by atoms with Crippen LogP contribution in [0.25, 0.3) is 11.0 Å². The second kappa shape index (κ2) is 5.16. The normalized spacial score (nSPS) is 10.8. The molecular weight excluding hydrogens is 258 g/mol. The van der Waals surface area contributed by atoms with Crippen molar-refractivity contribution in [2.45, 2.75) is 13.5 Å². The molecule has 1 aromatic carbocycles. The molecule has 6 heteroatoms. The highest BCUT2D eigenvalue weighted by atomic mass is 16.5. The molecule has 20 heavy (non-hydrogen) atoms. The van der Waals surface area contributed by atoms with Crippen LogP contribution in [0.5, 0.6) is 5.75 Å². The quantitative estimate of drug-likeness (QED) is 0.676. The van der Waals surface area contributed by atoms with Gasteiger partial charge in [-0.2, -0.15) is 5.10 Å². The molecule has 0 bridgehead atoms. The Morgan fingerprint density at radius 3 is 3.05 bits per heavy atom. The zero-order valence-electron chi connectivity index (χ0n) is 10.9. The number of nitrogens with zero attached hydrogens (tertiary/aromatic N) is 3. The fraction of sp³-hybridized carbons (Fsp3) is 0.214. The molecule has 2 heterocycles. The first-order chi connectivity index (χ1) is 9.72. The molecule has 0 saturated heterocycles.